The van der Waals surface area contributed by atoms with Crippen molar-refractivity contribution in [1.29, 1.82) is 0 Å². The second-order valence-electron chi connectivity index (χ2n) is 4.25. The van der Waals surface area contributed by atoms with E-state index in [1.807, 2.05) is 104 Å². The maximum absolute atomic E-state index is 3.67. The van der Waals surface area contributed by atoms with Crippen LogP contribution in [0.4, 0.5) is 0 Å². The van der Waals surface area contributed by atoms with E-state index in [-0.39, 0.29) is 1010 Å². The van der Waals surface area contributed by atoms with Crippen molar-refractivity contribution >= 4 is 0 Å². The topological polar surface area (TPSA) is 64.5 Å². The van der Waals surface area contributed by atoms with Gasteiger partial charge in [0.05, 0.1) is 0 Å². The van der Waals surface area contributed by atoms with Gasteiger partial charge in [-0.15, -0.1) is 12.1 Å². The first-order valence-corrected chi connectivity index (χ1v) is 11.2. The van der Waals surface area contributed by atoms with Gasteiger partial charge in [0.1, 0.15) is 25.3 Å². The van der Waals surface area contributed by atoms with E-state index in [2.05, 4.69) is 37.1 Å². The van der Waals surface area contributed by atoms with Gasteiger partial charge in [-0.2, -0.15) is 48.5 Å². The van der Waals surface area contributed by atoms with E-state index in [0.29, 0.717) is 0 Å². The zero-order chi connectivity index (χ0) is 24.7. The molecule has 2 heterocycles. The van der Waals surface area contributed by atoms with Gasteiger partial charge in [-0.1, -0.05) is 55.4 Å². The number of hydrogen-bond donors (Lipinski definition) is 0. The van der Waals surface area contributed by atoms with Crippen molar-refractivity contribution in [2.75, 3.05) is 0 Å². The molecular formula is C27H39N5Y31-2. The van der Waals surface area contributed by atoms with Crippen molar-refractivity contribution in [1.82, 2.24) is 24.9 Å². The SMILES string of the molecule is CC.CC.CC.CC.[Y].[Y].[Y].[Y].[Y].[Y].[Y].[Y].[Y].[Y].[Y].[Y].[Y].[Y].[Y].[Y].[Y].[Y].[Y].[Y].[Y].[Y].[Y].[Y].[Y].[Y].[Y].[Y].[Y].[Y].[Y].[c-]1ccccc1-c1[c-]cccc1.c1cncnc1.c1ncncn1. The molecule has 0 aliphatic carbocycles. The number of nitrogens with zero attached hydrogens (tertiary/aromatic N) is 5. The first kappa shape index (κ1) is 226. The Kier molecular flexibility index (Phi) is 811. The molecule has 5 nitrogen and oxygen atoms in total. The number of rotatable bonds is 1. The summed E-state index contributed by atoms with van der Waals surface area (Å²) in [6, 6.07) is 23.9. The van der Waals surface area contributed by atoms with Crippen molar-refractivity contribution in [3.8, 4) is 11.1 Å². The maximum atomic E-state index is 3.67. The first-order chi connectivity index (χ1) is 16.0. The predicted molar refractivity (Wildman–Crippen MR) is 137 cm³/mol. The maximum Gasteiger partial charge on any atom is 0.119 e. The van der Waals surface area contributed by atoms with Crippen molar-refractivity contribution < 1.29 is 1010 Å². The Hall–Kier alpha value is 30.8. The third-order valence-electron chi connectivity index (χ3n) is 2.59. The van der Waals surface area contributed by atoms with Crippen molar-refractivity contribution in [2.24, 2.45) is 0 Å². The van der Waals surface area contributed by atoms with Gasteiger partial charge in [0.25, 0.3) is 0 Å². The molecule has 63 heavy (non-hydrogen) atoms. The molecule has 0 fully saturated rings. The molecule has 4 aromatic rings. The number of aromatic nitrogens is 5. The van der Waals surface area contributed by atoms with Gasteiger partial charge in [0, 0.05) is 1030 Å². The Morgan fingerprint density at radius 3 is 0.508 bits per heavy atom. The summed E-state index contributed by atoms with van der Waals surface area (Å²) in [5.74, 6) is 0. The van der Waals surface area contributed by atoms with Crippen molar-refractivity contribution in [2.45, 2.75) is 55.4 Å². The number of benzene rings is 2. The zero-order valence-electron chi connectivity index (χ0n) is 38.8. The fourth-order valence-corrected chi connectivity index (χ4v) is 1.58. The van der Waals surface area contributed by atoms with Gasteiger partial charge >= 0.3 is 0 Å². The molecule has 0 aliphatic rings. The Balaban J connectivity index is -0.00000000481. The van der Waals surface area contributed by atoms with Crippen LogP contribution < -0.4 is 0 Å². The van der Waals surface area contributed by atoms with E-state index >= 15 is 0 Å². The largest absolute Gasteiger partial charge is 0.245 e. The van der Waals surface area contributed by atoms with Gasteiger partial charge in [-0.3, -0.25) is 0 Å². The minimum Gasteiger partial charge on any atom is -0.245 e. The molecule has 36 heteroatoms. The fourth-order valence-electron chi connectivity index (χ4n) is 1.58. The van der Waals surface area contributed by atoms with Crippen LogP contribution in [0.5, 0.6) is 0 Å². The van der Waals surface area contributed by atoms with E-state index in [9.17, 15) is 0 Å². The summed E-state index contributed by atoms with van der Waals surface area (Å²) in [5.41, 5.74) is 2.19. The van der Waals surface area contributed by atoms with Crippen LogP contribution in [0, 0.1) is 12.1 Å². The molecule has 4 rings (SSSR count). The molecule has 0 unspecified atom stereocenters. The monoisotopic (exact) mass is 3190 g/mol. The van der Waals surface area contributed by atoms with Crippen LogP contribution in [-0.2, 0) is 1010 Å². The van der Waals surface area contributed by atoms with Crippen LogP contribution in [0.3, 0.4) is 0 Å². The smallest absolute Gasteiger partial charge is 0.119 e. The average molecular weight is 3190 g/mol. The van der Waals surface area contributed by atoms with Crippen molar-refractivity contribution in [3.05, 3.63) is 104 Å². The molecule has 2 aromatic heterocycles. The third kappa shape index (κ3) is 194. The second kappa shape index (κ2) is 226. The molecule has 0 saturated carbocycles. The summed E-state index contributed by atoms with van der Waals surface area (Å²) in [6.07, 6.45) is 9.19. The molecule has 2 aromatic carbocycles. The van der Waals surface area contributed by atoms with E-state index in [0.717, 1.165) is 11.1 Å². The van der Waals surface area contributed by atoms with E-state index in [1.54, 1.807) is 18.5 Å². The van der Waals surface area contributed by atoms with Gasteiger partial charge in [-0.25, -0.2) is 36.0 Å². The molecule has 31 radical (unpaired) electrons. The van der Waals surface area contributed by atoms with Crippen molar-refractivity contribution in [3.63, 3.8) is 0 Å². The van der Waals surface area contributed by atoms with Gasteiger partial charge in [-0.05, 0) is 6.07 Å². The summed E-state index contributed by atoms with van der Waals surface area (Å²) in [4.78, 5) is 18.0. The Morgan fingerprint density at radius 1 is 0.238 bits per heavy atom. The second-order valence-corrected chi connectivity index (χ2v) is 4.25. The van der Waals surface area contributed by atoms with Crippen LogP contribution in [0.1, 0.15) is 55.4 Å². The summed E-state index contributed by atoms with van der Waals surface area (Å²) >= 11 is 0. The average Bonchev–Trinajstić information content (AvgIpc) is 2.97. The normalized spacial score (nSPS) is 3.75. The van der Waals surface area contributed by atoms with E-state index < -0.39 is 0 Å². The fraction of sp³-hybridized carbons (Fsp3) is 0.296. The Labute approximate surface area is 1170 Å². The molecule has 0 amide bonds. The predicted octanol–water partition coefficient (Wildman–Crippen LogP) is 7.33. The first-order valence-electron chi connectivity index (χ1n) is 11.2. The molecule has 0 N–H and O–H groups in total. The van der Waals surface area contributed by atoms with Crippen LogP contribution in [0.25, 0.3) is 11.1 Å². The summed E-state index contributed by atoms with van der Waals surface area (Å²) in [7, 11) is 0. The number of hydrogen-bond acceptors (Lipinski definition) is 5. The summed E-state index contributed by atoms with van der Waals surface area (Å²) in [5, 5.41) is 0. The van der Waals surface area contributed by atoms with Gasteiger partial charge < -0.3 is 0 Å². The molecule has 267 valence electrons. The van der Waals surface area contributed by atoms with E-state index in [1.165, 1.54) is 25.3 Å². The van der Waals surface area contributed by atoms with Crippen LogP contribution in [0.2, 0.25) is 0 Å². The third-order valence-corrected chi connectivity index (χ3v) is 2.59. The van der Waals surface area contributed by atoms with Crippen LogP contribution in [-0.4, -0.2) is 24.9 Å². The zero-order valence-corrected chi connectivity index (χ0v) is 127. The quantitative estimate of drug-likeness (QED) is 0.187. The molecular weight excluding hydrogens is 3150 g/mol. The van der Waals surface area contributed by atoms with E-state index in [4.69, 9.17) is 0 Å². The molecule has 0 aliphatic heterocycles. The van der Waals surface area contributed by atoms with Crippen LogP contribution in [0.15, 0.2) is 92.3 Å². The van der Waals surface area contributed by atoms with Gasteiger partial charge in [0.2, 0.25) is 0 Å². The van der Waals surface area contributed by atoms with Crippen LogP contribution >= 0.6 is 0 Å². The molecule has 0 saturated heterocycles. The minimum absolute atomic E-state index is 0. The van der Waals surface area contributed by atoms with Gasteiger partial charge in [0.15, 0.2) is 0 Å². The molecule has 0 spiro atoms. The minimum atomic E-state index is 0. The Bertz CT molecular complexity index is 693. The summed E-state index contributed by atoms with van der Waals surface area (Å²) in [6.45, 7) is 16.0. The summed E-state index contributed by atoms with van der Waals surface area (Å²) < 4.78 is 0. The Morgan fingerprint density at radius 2 is 0.413 bits per heavy atom. The molecule has 0 atom stereocenters. The standard InChI is InChI=1S/C12H8.C4H4N2.C3H3N3.4C2H6.31Y/c1-3-7-11(8-4-1)12-9-5-2-6-10-12;1-2-5-4-6-3-1;1-4-2-6-3-5-1;4*1-2;;;;;;;;;;;;;;;;;;;;;;;;;;;;;;;/h1-7,9H;1-4H;1-3H;4*1-2H3;;;;;;;;;;;;;;;;;;;;;;;;;;;;;;;/q-2;;;;;;;;;;;;;;;;;;;;;;;;;;;;;;;;;;;;;. The molecule has 0 bridgehead atoms.